The molecular weight excluding hydrogens is 677 g/mol. The molecule has 9 aromatic carbocycles. The first-order chi connectivity index (χ1) is 27.8. The Labute approximate surface area is 326 Å². The second kappa shape index (κ2) is 13.2. The quantitative estimate of drug-likeness (QED) is 0.167. The lowest BCUT2D eigenvalue weighted by Gasteiger charge is -2.26. The van der Waals surface area contributed by atoms with E-state index in [4.69, 9.17) is 0 Å². The lowest BCUT2D eigenvalue weighted by molar-refractivity contribution is 1.19. The van der Waals surface area contributed by atoms with Crippen LogP contribution in [-0.2, 0) is 0 Å². The normalized spacial score (nSPS) is 11.6. The fraction of sp³-hybridized carbons (Fsp3) is 0. The zero-order chi connectivity index (χ0) is 37.0. The average Bonchev–Trinajstić information content (AvgIpc) is 3.55. The maximum absolute atomic E-state index is 2.48. The number of aromatic nitrogens is 1. The molecule has 1 aliphatic heterocycles. The highest BCUT2D eigenvalue weighted by atomic mass is 15.1. The van der Waals surface area contributed by atoms with E-state index in [9.17, 15) is 0 Å². The molecule has 56 heavy (non-hydrogen) atoms. The number of anilines is 3. The Morgan fingerprint density at radius 1 is 0.286 bits per heavy atom. The van der Waals surface area contributed by atoms with Crippen molar-refractivity contribution in [1.29, 1.82) is 0 Å². The predicted octanol–water partition coefficient (Wildman–Crippen LogP) is 14.9. The van der Waals surface area contributed by atoms with Gasteiger partial charge in [0.15, 0.2) is 0 Å². The van der Waals surface area contributed by atoms with E-state index in [-0.39, 0.29) is 0 Å². The molecule has 10 aromatic rings. The molecule has 0 radical (unpaired) electrons. The van der Waals surface area contributed by atoms with Gasteiger partial charge in [-0.3, -0.25) is 0 Å². The molecule has 1 aromatic heterocycles. The van der Waals surface area contributed by atoms with Crippen LogP contribution >= 0.6 is 0 Å². The summed E-state index contributed by atoms with van der Waals surface area (Å²) in [6.45, 7) is 0. The van der Waals surface area contributed by atoms with E-state index in [0.717, 1.165) is 17.1 Å². The van der Waals surface area contributed by atoms with Gasteiger partial charge in [-0.2, -0.15) is 0 Å². The summed E-state index contributed by atoms with van der Waals surface area (Å²) >= 11 is 0. The van der Waals surface area contributed by atoms with E-state index >= 15 is 0 Å². The lowest BCUT2D eigenvalue weighted by Crippen LogP contribution is -2.09. The van der Waals surface area contributed by atoms with Crippen LogP contribution in [0.15, 0.2) is 218 Å². The predicted molar refractivity (Wildman–Crippen MR) is 236 cm³/mol. The zero-order valence-electron chi connectivity index (χ0n) is 30.7. The molecule has 1 aliphatic rings. The maximum atomic E-state index is 2.48. The van der Waals surface area contributed by atoms with E-state index in [1.54, 1.807) is 0 Å². The molecule has 2 heterocycles. The van der Waals surface area contributed by atoms with E-state index in [1.807, 2.05) is 0 Å². The summed E-state index contributed by atoms with van der Waals surface area (Å²) in [7, 11) is 0. The second-order valence-electron chi connectivity index (χ2n) is 14.5. The van der Waals surface area contributed by atoms with E-state index in [0.29, 0.717) is 0 Å². The molecule has 0 aliphatic carbocycles. The molecule has 2 heteroatoms. The minimum absolute atomic E-state index is 1.10. The molecule has 0 N–H and O–H groups in total. The van der Waals surface area contributed by atoms with Gasteiger partial charge in [-0.1, -0.05) is 158 Å². The molecule has 11 rings (SSSR count). The number of nitrogens with zero attached hydrogens (tertiary/aromatic N) is 2. The first kappa shape index (κ1) is 32.0. The van der Waals surface area contributed by atoms with Gasteiger partial charge in [-0.05, 0) is 105 Å². The Hall–Kier alpha value is -7.42. The van der Waals surface area contributed by atoms with Crippen LogP contribution in [0.5, 0.6) is 0 Å². The monoisotopic (exact) mass is 712 g/mol. The largest absolute Gasteiger partial charge is 0.311 e. The van der Waals surface area contributed by atoms with Crippen LogP contribution in [0.3, 0.4) is 0 Å². The van der Waals surface area contributed by atoms with Crippen molar-refractivity contribution in [3.8, 4) is 61.3 Å². The maximum Gasteiger partial charge on any atom is 0.0620 e. The summed E-state index contributed by atoms with van der Waals surface area (Å²) in [5, 5.41) is 2.53. The molecule has 0 amide bonds. The number of benzene rings is 9. The minimum Gasteiger partial charge on any atom is -0.311 e. The highest BCUT2D eigenvalue weighted by Crippen LogP contribution is 2.48. The van der Waals surface area contributed by atoms with Gasteiger partial charge in [-0.25, -0.2) is 0 Å². The van der Waals surface area contributed by atoms with E-state index < -0.39 is 0 Å². The van der Waals surface area contributed by atoms with Gasteiger partial charge >= 0.3 is 0 Å². The van der Waals surface area contributed by atoms with Crippen molar-refractivity contribution >= 4 is 38.9 Å². The van der Waals surface area contributed by atoms with Gasteiger partial charge in [0, 0.05) is 39.0 Å². The topological polar surface area (TPSA) is 8.17 Å². The number of hydrogen-bond acceptors (Lipinski definition) is 1. The van der Waals surface area contributed by atoms with Crippen LogP contribution in [0.1, 0.15) is 0 Å². The molecule has 0 fully saturated rings. The Morgan fingerprint density at radius 3 is 1.29 bits per heavy atom. The smallest absolute Gasteiger partial charge is 0.0620 e. The standard InChI is InChI=1S/C54H36N2/c1-3-13-37(14-4-1)39-23-29-43(30-24-39)55(44-31-25-40(26-32-44)38-15-5-2-6-16-38)45-33-27-41(28-34-45)42-35-50-47-18-8-7-17-46(47)48-19-9-11-21-52(48)56-53-22-12-10-20-49(53)51(36-42)54(50)56/h1-36H. The molecule has 0 unspecified atom stereocenters. The summed E-state index contributed by atoms with van der Waals surface area (Å²) in [4.78, 5) is 2.35. The van der Waals surface area contributed by atoms with Gasteiger partial charge in [-0.15, -0.1) is 0 Å². The molecule has 0 spiro atoms. The van der Waals surface area contributed by atoms with Crippen molar-refractivity contribution in [2.24, 2.45) is 0 Å². The lowest BCUT2D eigenvalue weighted by atomic mass is 9.91. The van der Waals surface area contributed by atoms with Gasteiger partial charge in [0.2, 0.25) is 0 Å². The Balaban J connectivity index is 1.05. The number of para-hydroxylation sites is 2. The van der Waals surface area contributed by atoms with Crippen molar-refractivity contribution < 1.29 is 0 Å². The number of rotatable bonds is 6. The van der Waals surface area contributed by atoms with Crippen LogP contribution in [0, 0.1) is 0 Å². The summed E-state index contributed by atoms with van der Waals surface area (Å²) in [5.74, 6) is 0. The zero-order valence-corrected chi connectivity index (χ0v) is 30.7. The molecule has 0 atom stereocenters. The minimum atomic E-state index is 1.10. The van der Waals surface area contributed by atoms with Crippen LogP contribution in [-0.4, -0.2) is 4.57 Å². The molecular formula is C54H36N2. The van der Waals surface area contributed by atoms with Crippen LogP contribution in [0.2, 0.25) is 0 Å². The van der Waals surface area contributed by atoms with Crippen LogP contribution in [0.4, 0.5) is 17.1 Å². The molecule has 262 valence electrons. The summed E-state index contributed by atoms with van der Waals surface area (Å²) in [5.41, 5.74) is 19.2. The summed E-state index contributed by atoms with van der Waals surface area (Å²) < 4.78 is 2.48. The van der Waals surface area contributed by atoms with Gasteiger partial charge < -0.3 is 9.47 Å². The molecule has 0 saturated carbocycles. The first-order valence-electron chi connectivity index (χ1n) is 19.3. The van der Waals surface area contributed by atoms with Crippen molar-refractivity contribution in [1.82, 2.24) is 4.57 Å². The fourth-order valence-corrected chi connectivity index (χ4v) is 8.69. The van der Waals surface area contributed by atoms with Gasteiger partial charge in [0.1, 0.15) is 0 Å². The third-order valence-corrected chi connectivity index (χ3v) is 11.3. The van der Waals surface area contributed by atoms with Crippen molar-refractivity contribution in [2.45, 2.75) is 0 Å². The number of fused-ring (bicyclic) bond motifs is 8. The van der Waals surface area contributed by atoms with Gasteiger partial charge in [0.25, 0.3) is 0 Å². The Bertz CT molecular complexity index is 2950. The fourth-order valence-electron chi connectivity index (χ4n) is 8.69. The highest BCUT2D eigenvalue weighted by molar-refractivity contribution is 6.17. The van der Waals surface area contributed by atoms with E-state index in [2.05, 4.69) is 228 Å². The SMILES string of the molecule is c1ccc(-c2ccc(N(c3ccc(-c4ccccc4)cc3)c3ccc(-c4cc5c6c(c4)c4ccccc4n6-c4ccccc4-c4ccccc4-5)cc3)cc2)cc1. The van der Waals surface area contributed by atoms with Crippen molar-refractivity contribution in [2.75, 3.05) is 4.90 Å². The second-order valence-corrected chi connectivity index (χ2v) is 14.5. The number of hydrogen-bond donors (Lipinski definition) is 0. The van der Waals surface area contributed by atoms with Gasteiger partial charge in [0.05, 0.1) is 16.7 Å². The third-order valence-electron chi connectivity index (χ3n) is 11.3. The van der Waals surface area contributed by atoms with Crippen molar-refractivity contribution in [3.63, 3.8) is 0 Å². The molecule has 0 saturated heterocycles. The molecule has 0 bridgehead atoms. The Morgan fingerprint density at radius 2 is 0.714 bits per heavy atom. The Kier molecular flexibility index (Phi) is 7.53. The van der Waals surface area contributed by atoms with Crippen LogP contribution in [0.25, 0.3) is 83.1 Å². The van der Waals surface area contributed by atoms with E-state index in [1.165, 1.54) is 83.1 Å². The highest BCUT2D eigenvalue weighted by Gasteiger charge is 2.25. The first-order valence-corrected chi connectivity index (χ1v) is 19.3. The summed E-state index contributed by atoms with van der Waals surface area (Å²) in [6.07, 6.45) is 0. The average molecular weight is 713 g/mol. The summed E-state index contributed by atoms with van der Waals surface area (Å²) in [6, 6.07) is 79.4. The molecule has 2 nitrogen and oxygen atoms in total. The van der Waals surface area contributed by atoms with Crippen LogP contribution < -0.4 is 4.90 Å². The van der Waals surface area contributed by atoms with Crippen molar-refractivity contribution in [3.05, 3.63) is 218 Å². The third kappa shape index (κ3) is 5.26.